The van der Waals surface area contributed by atoms with Crippen molar-refractivity contribution in [2.75, 3.05) is 24.1 Å². The molecule has 1 aliphatic heterocycles. The first-order valence-electron chi connectivity index (χ1n) is 10.9. The molecule has 0 spiro atoms. The molecular weight excluding hydrogens is 434 g/mol. The van der Waals surface area contributed by atoms with E-state index < -0.39 is 5.63 Å². The van der Waals surface area contributed by atoms with Crippen LogP contribution in [0.5, 0.6) is 11.5 Å². The lowest BCUT2D eigenvalue weighted by atomic mass is 10.0. The smallest absolute Gasteiger partial charge is 0.382 e. The van der Waals surface area contributed by atoms with Gasteiger partial charge < -0.3 is 25.2 Å². The molecule has 2 aromatic carbocycles. The summed E-state index contributed by atoms with van der Waals surface area (Å²) in [4.78, 5) is 26.2. The third-order valence-electron chi connectivity index (χ3n) is 5.57. The van der Waals surface area contributed by atoms with Crippen LogP contribution in [0.25, 0.3) is 0 Å². The number of rotatable bonds is 7. The van der Waals surface area contributed by atoms with Crippen molar-refractivity contribution in [3.8, 4) is 11.5 Å². The zero-order valence-corrected chi connectivity index (χ0v) is 18.5. The highest BCUT2D eigenvalue weighted by atomic mass is 16.5. The lowest BCUT2D eigenvalue weighted by molar-refractivity contribution is -0.127. The number of carbonyl (C=O) groups is 1. The summed E-state index contributed by atoms with van der Waals surface area (Å²) in [5, 5.41) is 15.5. The fourth-order valence-corrected chi connectivity index (χ4v) is 3.88. The summed E-state index contributed by atoms with van der Waals surface area (Å²) in [7, 11) is 0. The van der Waals surface area contributed by atoms with E-state index in [1.54, 1.807) is 29.2 Å². The second-order valence-corrected chi connectivity index (χ2v) is 7.89. The SMILES string of the molecule is C=CC(=O)N1CCCC(Nc2c(C(=N)c3ccc(Oc4ccccc4)cc3)c(N)noc2=O)C1. The number of piperidine rings is 1. The normalized spacial score (nSPS) is 15.4. The molecule has 0 radical (unpaired) electrons. The van der Waals surface area contributed by atoms with Crippen LogP contribution in [0.15, 0.2) is 76.6 Å². The first kappa shape index (κ1) is 22.8. The predicted molar refractivity (Wildman–Crippen MR) is 129 cm³/mol. The van der Waals surface area contributed by atoms with Crippen molar-refractivity contribution in [1.29, 1.82) is 5.41 Å². The van der Waals surface area contributed by atoms with Crippen LogP contribution in [-0.4, -0.2) is 40.8 Å². The number of para-hydroxylation sites is 1. The Morgan fingerprint density at radius 3 is 2.62 bits per heavy atom. The van der Waals surface area contributed by atoms with Crippen molar-refractivity contribution < 1.29 is 14.1 Å². The van der Waals surface area contributed by atoms with Gasteiger partial charge in [0, 0.05) is 24.7 Å². The van der Waals surface area contributed by atoms with Gasteiger partial charge in [-0.25, -0.2) is 4.79 Å². The molecule has 1 saturated heterocycles. The fraction of sp³-hybridized carbons (Fsp3) is 0.200. The van der Waals surface area contributed by atoms with Gasteiger partial charge in [0.05, 0.1) is 11.3 Å². The van der Waals surface area contributed by atoms with Crippen molar-refractivity contribution in [3.63, 3.8) is 0 Å². The molecule has 174 valence electrons. The van der Waals surface area contributed by atoms with Gasteiger partial charge in [0.1, 0.15) is 17.2 Å². The van der Waals surface area contributed by atoms with E-state index in [1.807, 2.05) is 30.3 Å². The van der Waals surface area contributed by atoms with Crippen LogP contribution < -0.4 is 21.4 Å². The Labute approximate surface area is 196 Å². The number of benzene rings is 2. The minimum Gasteiger partial charge on any atom is -0.457 e. The number of carbonyl (C=O) groups excluding carboxylic acids is 1. The maximum atomic E-state index is 12.6. The first-order chi connectivity index (χ1) is 16.5. The third-order valence-corrected chi connectivity index (χ3v) is 5.57. The zero-order valence-electron chi connectivity index (χ0n) is 18.5. The summed E-state index contributed by atoms with van der Waals surface area (Å²) in [6, 6.07) is 16.0. The number of hydrogen-bond donors (Lipinski definition) is 3. The number of nitrogens with two attached hydrogens (primary N) is 1. The quantitative estimate of drug-likeness (QED) is 0.364. The molecule has 9 nitrogen and oxygen atoms in total. The molecule has 1 unspecified atom stereocenters. The van der Waals surface area contributed by atoms with E-state index in [9.17, 15) is 9.59 Å². The molecule has 1 aliphatic rings. The fourth-order valence-electron chi connectivity index (χ4n) is 3.88. The molecule has 34 heavy (non-hydrogen) atoms. The second kappa shape index (κ2) is 10.0. The summed E-state index contributed by atoms with van der Waals surface area (Å²) < 4.78 is 10.6. The van der Waals surface area contributed by atoms with E-state index in [1.165, 1.54) is 6.08 Å². The van der Waals surface area contributed by atoms with Crippen molar-refractivity contribution in [2.45, 2.75) is 18.9 Å². The Morgan fingerprint density at radius 1 is 1.21 bits per heavy atom. The Balaban J connectivity index is 1.57. The highest BCUT2D eigenvalue weighted by molar-refractivity contribution is 6.16. The summed E-state index contributed by atoms with van der Waals surface area (Å²) in [6.07, 6.45) is 2.77. The molecule has 3 aromatic rings. The van der Waals surface area contributed by atoms with Crippen molar-refractivity contribution in [3.05, 3.63) is 88.8 Å². The van der Waals surface area contributed by atoms with E-state index in [4.69, 9.17) is 20.4 Å². The number of nitrogen functional groups attached to an aromatic ring is 1. The van der Waals surface area contributed by atoms with E-state index in [0.717, 1.165) is 12.8 Å². The molecule has 1 fully saturated rings. The number of anilines is 2. The van der Waals surface area contributed by atoms with Crippen LogP contribution in [0.2, 0.25) is 0 Å². The maximum Gasteiger partial charge on any atom is 0.382 e. The van der Waals surface area contributed by atoms with Gasteiger partial charge in [-0.3, -0.25) is 10.2 Å². The van der Waals surface area contributed by atoms with E-state index in [-0.39, 0.29) is 34.7 Å². The van der Waals surface area contributed by atoms with Gasteiger partial charge in [-0.05, 0) is 55.3 Å². The van der Waals surface area contributed by atoms with Crippen LogP contribution in [0.4, 0.5) is 11.5 Å². The summed E-state index contributed by atoms with van der Waals surface area (Å²) in [6.45, 7) is 4.55. The Bertz CT molecular complexity index is 1250. The molecule has 1 amide bonds. The number of amides is 1. The average Bonchev–Trinajstić information content (AvgIpc) is 2.87. The van der Waals surface area contributed by atoms with Gasteiger partial charge in [-0.15, -0.1) is 0 Å². The van der Waals surface area contributed by atoms with Gasteiger partial charge in [-0.2, -0.15) is 0 Å². The standard InChI is InChI=1S/C25H25N5O4/c1-2-20(31)30-14-6-7-17(15-30)28-23-21(24(27)29-34-25(23)32)22(26)16-10-12-19(13-11-16)33-18-8-4-3-5-9-18/h2-5,8-13,17,26,28H,1,6-7,14-15H2,(H2,27,29). The molecular formula is C25H25N5O4. The minimum atomic E-state index is -0.731. The van der Waals surface area contributed by atoms with Crippen LogP contribution in [0.1, 0.15) is 24.0 Å². The number of nitrogens with one attached hydrogen (secondary N) is 2. The van der Waals surface area contributed by atoms with Crippen LogP contribution in [0, 0.1) is 5.41 Å². The average molecular weight is 460 g/mol. The maximum absolute atomic E-state index is 12.6. The third kappa shape index (κ3) is 4.98. The lowest BCUT2D eigenvalue weighted by Gasteiger charge is -2.33. The summed E-state index contributed by atoms with van der Waals surface area (Å²) in [5.41, 5.74) is 6.05. The number of nitrogens with zero attached hydrogens (tertiary/aromatic N) is 2. The summed E-state index contributed by atoms with van der Waals surface area (Å²) >= 11 is 0. The van der Waals surface area contributed by atoms with Gasteiger partial charge in [0.25, 0.3) is 0 Å². The highest BCUT2D eigenvalue weighted by Crippen LogP contribution is 2.26. The number of likely N-dealkylation sites (tertiary alicyclic amines) is 1. The van der Waals surface area contributed by atoms with Crippen LogP contribution in [-0.2, 0) is 4.79 Å². The molecule has 2 heterocycles. The Hall–Kier alpha value is -4.40. The van der Waals surface area contributed by atoms with E-state index in [0.29, 0.717) is 30.2 Å². The second-order valence-electron chi connectivity index (χ2n) is 7.89. The van der Waals surface area contributed by atoms with E-state index in [2.05, 4.69) is 17.1 Å². The Kier molecular flexibility index (Phi) is 6.72. The van der Waals surface area contributed by atoms with Crippen LogP contribution >= 0.6 is 0 Å². The molecule has 1 atom stereocenters. The largest absolute Gasteiger partial charge is 0.457 e. The van der Waals surface area contributed by atoms with Gasteiger partial charge in [0.2, 0.25) is 5.91 Å². The zero-order chi connectivity index (χ0) is 24.1. The van der Waals surface area contributed by atoms with E-state index >= 15 is 0 Å². The Morgan fingerprint density at radius 2 is 1.91 bits per heavy atom. The van der Waals surface area contributed by atoms with Gasteiger partial charge in [0.15, 0.2) is 5.82 Å². The predicted octanol–water partition coefficient (Wildman–Crippen LogP) is 3.41. The van der Waals surface area contributed by atoms with Gasteiger partial charge >= 0.3 is 5.63 Å². The molecule has 0 saturated carbocycles. The molecule has 1 aromatic heterocycles. The lowest BCUT2D eigenvalue weighted by Crippen LogP contribution is -2.45. The van der Waals surface area contributed by atoms with Gasteiger partial charge in [-0.1, -0.05) is 29.9 Å². The molecule has 9 heteroatoms. The van der Waals surface area contributed by atoms with Crippen molar-refractivity contribution >= 4 is 23.1 Å². The number of hydrogen-bond acceptors (Lipinski definition) is 8. The highest BCUT2D eigenvalue weighted by Gasteiger charge is 2.26. The first-order valence-corrected chi connectivity index (χ1v) is 10.9. The van der Waals surface area contributed by atoms with Crippen molar-refractivity contribution in [1.82, 2.24) is 10.1 Å². The molecule has 0 bridgehead atoms. The van der Waals surface area contributed by atoms with Crippen LogP contribution in [0.3, 0.4) is 0 Å². The summed E-state index contributed by atoms with van der Waals surface area (Å²) in [5.74, 6) is 1.06. The molecule has 4 rings (SSSR count). The topological polar surface area (TPSA) is 135 Å². The monoisotopic (exact) mass is 459 g/mol. The minimum absolute atomic E-state index is 0.0153. The molecule has 4 N–H and O–H groups in total. The number of aromatic nitrogens is 1. The number of ether oxygens (including phenoxy) is 1. The molecule has 0 aliphatic carbocycles. The van der Waals surface area contributed by atoms with Crippen molar-refractivity contribution in [2.24, 2.45) is 0 Å².